The summed E-state index contributed by atoms with van der Waals surface area (Å²) >= 11 is 0. The third-order valence-corrected chi connectivity index (χ3v) is 2.83. The highest BCUT2D eigenvalue weighted by Gasteiger charge is 2.23. The molecule has 0 saturated heterocycles. The van der Waals surface area contributed by atoms with Crippen LogP contribution in [0, 0.1) is 0 Å². The van der Waals surface area contributed by atoms with Crippen LogP contribution in [0.25, 0.3) is 11.0 Å². The first-order valence-electron chi connectivity index (χ1n) is 5.74. The van der Waals surface area contributed by atoms with Crippen LogP contribution in [-0.4, -0.2) is 21.4 Å². The topological polar surface area (TPSA) is 80.9 Å². The quantitative estimate of drug-likeness (QED) is 0.840. The van der Waals surface area contributed by atoms with Gasteiger partial charge in [0.2, 0.25) is 5.91 Å². The lowest BCUT2D eigenvalue weighted by Gasteiger charge is -2.21. The van der Waals surface area contributed by atoms with Gasteiger partial charge in [-0.2, -0.15) is 0 Å². The molecule has 0 saturated carbocycles. The van der Waals surface area contributed by atoms with E-state index in [2.05, 4.69) is 15.3 Å². The van der Waals surface area contributed by atoms with Crippen LogP contribution in [0.15, 0.2) is 30.5 Å². The molecule has 1 amide bonds. The van der Waals surface area contributed by atoms with E-state index < -0.39 is 11.4 Å². The Labute approximate surface area is 105 Å². The van der Waals surface area contributed by atoms with Crippen molar-refractivity contribution in [3.05, 3.63) is 36.2 Å². The summed E-state index contributed by atoms with van der Waals surface area (Å²) in [6.07, 6.45) is 1.70. The Morgan fingerprint density at radius 2 is 2.00 bits per heavy atom. The number of nitrogens with two attached hydrogens (primary N) is 1. The third-order valence-electron chi connectivity index (χ3n) is 2.83. The predicted molar refractivity (Wildman–Crippen MR) is 69.7 cm³/mol. The molecule has 2 aromatic rings. The van der Waals surface area contributed by atoms with E-state index in [0.29, 0.717) is 6.54 Å². The molecule has 0 aliphatic heterocycles. The van der Waals surface area contributed by atoms with Crippen LogP contribution in [0.4, 0.5) is 0 Å². The number of hydrogen-bond acceptors (Lipinski definition) is 4. The minimum atomic E-state index is -0.757. The molecule has 0 bridgehead atoms. The molecule has 0 atom stereocenters. The van der Waals surface area contributed by atoms with Gasteiger partial charge < -0.3 is 5.73 Å². The first-order chi connectivity index (χ1) is 8.49. The molecule has 1 aromatic carbocycles. The number of amides is 1. The molecule has 0 radical (unpaired) electrons. The van der Waals surface area contributed by atoms with Gasteiger partial charge in [0.05, 0.1) is 28.5 Å². The molecular weight excluding hydrogens is 228 g/mol. The molecule has 0 fully saturated rings. The fourth-order valence-electron chi connectivity index (χ4n) is 1.48. The molecule has 3 N–H and O–H groups in total. The van der Waals surface area contributed by atoms with E-state index in [1.807, 2.05) is 24.3 Å². The molecular formula is C13H16N4O. The van der Waals surface area contributed by atoms with Crippen molar-refractivity contribution in [3.8, 4) is 0 Å². The highest BCUT2D eigenvalue weighted by molar-refractivity contribution is 5.83. The Bertz CT molecular complexity index is 580. The number of nitrogens with zero attached hydrogens (tertiary/aromatic N) is 2. The van der Waals surface area contributed by atoms with Crippen LogP contribution in [0.3, 0.4) is 0 Å². The summed E-state index contributed by atoms with van der Waals surface area (Å²) in [7, 11) is 0. The first-order valence-corrected chi connectivity index (χ1v) is 5.74. The van der Waals surface area contributed by atoms with Crippen molar-refractivity contribution in [2.24, 2.45) is 5.73 Å². The van der Waals surface area contributed by atoms with Gasteiger partial charge in [-0.25, -0.2) is 4.98 Å². The van der Waals surface area contributed by atoms with Crippen molar-refractivity contribution in [2.75, 3.05) is 0 Å². The van der Waals surface area contributed by atoms with Crippen molar-refractivity contribution >= 4 is 16.9 Å². The van der Waals surface area contributed by atoms with E-state index in [-0.39, 0.29) is 0 Å². The van der Waals surface area contributed by atoms with E-state index in [4.69, 9.17) is 5.73 Å². The zero-order valence-corrected chi connectivity index (χ0v) is 10.5. The van der Waals surface area contributed by atoms with E-state index in [9.17, 15) is 4.79 Å². The Hall–Kier alpha value is -2.01. The fourth-order valence-corrected chi connectivity index (χ4v) is 1.48. The van der Waals surface area contributed by atoms with Crippen LogP contribution in [0.1, 0.15) is 19.5 Å². The van der Waals surface area contributed by atoms with Crippen molar-refractivity contribution in [1.29, 1.82) is 0 Å². The maximum absolute atomic E-state index is 11.2. The lowest BCUT2D eigenvalue weighted by Crippen LogP contribution is -2.50. The molecule has 0 unspecified atom stereocenters. The largest absolute Gasteiger partial charge is 0.368 e. The molecule has 1 aromatic heterocycles. The van der Waals surface area contributed by atoms with E-state index in [1.165, 1.54) is 0 Å². The number of benzene rings is 1. The monoisotopic (exact) mass is 244 g/mol. The number of aromatic nitrogens is 2. The Morgan fingerprint density at radius 1 is 1.33 bits per heavy atom. The average Bonchev–Trinajstić information content (AvgIpc) is 2.36. The first kappa shape index (κ1) is 12.4. The number of rotatable bonds is 4. The lowest BCUT2D eigenvalue weighted by molar-refractivity contribution is -0.123. The molecule has 5 nitrogen and oxygen atoms in total. The normalized spacial score (nSPS) is 11.7. The molecule has 2 rings (SSSR count). The average molecular weight is 244 g/mol. The van der Waals surface area contributed by atoms with Crippen molar-refractivity contribution in [3.63, 3.8) is 0 Å². The highest BCUT2D eigenvalue weighted by atomic mass is 16.1. The minimum absolute atomic E-state index is 0.392. The number of para-hydroxylation sites is 2. The second-order valence-corrected chi connectivity index (χ2v) is 4.69. The lowest BCUT2D eigenvalue weighted by atomic mass is 10.1. The van der Waals surface area contributed by atoms with Crippen LogP contribution in [0.2, 0.25) is 0 Å². The highest BCUT2D eigenvalue weighted by Crippen LogP contribution is 2.09. The van der Waals surface area contributed by atoms with Crippen LogP contribution >= 0.6 is 0 Å². The standard InChI is InChI=1S/C13H16N4O/c1-13(2,12(14)18)16-8-9-7-15-10-5-3-4-6-11(10)17-9/h3-7,16H,8H2,1-2H3,(H2,14,18). The molecule has 0 spiro atoms. The maximum atomic E-state index is 11.2. The smallest absolute Gasteiger partial charge is 0.237 e. The van der Waals surface area contributed by atoms with Gasteiger partial charge in [-0.15, -0.1) is 0 Å². The van der Waals surface area contributed by atoms with Crippen LogP contribution < -0.4 is 11.1 Å². The third kappa shape index (κ3) is 2.62. The van der Waals surface area contributed by atoms with Gasteiger partial charge >= 0.3 is 0 Å². The van der Waals surface area contributed by atoms with Gasteiger partial charge in [0.25, 0.3) is 0 Å². The SMILES string of the molecule is CC(C)(NCc1cnc2ccccc2n1)C(N)=O. The summed E-state index contributed by atoms with van der Waals surface area (Å²) < 4.78 is 0. The van der Waals surface area contributed by atoms with Crippen molar-refractivity contribution < 1.29 is 4.79 Å². The minimum Gasteiger partial charge on any atom is -0.368 e. The van der Waals surface area contributed by atoms with Gasteiger partial charge in [0, 0.05) is 6.54 Å². The second-order valence-electron chi connectivity index (χ2n) is 4.69. The number of primary amides is 1. The molecule has 1 heterocycles. The van der Waals surface area contributed by atoms with Crippen molar-refractivity contribution in [2.45, 2.75) is 25.9 Å². The van der Waals surface area contributed by atoms with Gasteiger partial charge in [0.15, 0.2) is 0 Å². The Morgan fingerprint density at radius 3 is 2.67 bits per heavy atom. The Balaban J connectivity index is 2.15. The van der Waals surface area contributed by atoms with Crippen molar-refractivity contribution in [1.82, 2.24) is 15.3 Å². The zero-order valence-electron chi connectivity index (χ0n) is 10.5. The summed E-state index contributed by atoms with van der Waals surface area (Å²) in [5.74, 6) is -0.392. The number of carbonyl (C=O) groups excluding carboxylic acids is 1. The van der Waals surface area contributed by atoms with E-state index in [1.54, 1.807) is 20.0 Å². The molecule has 0 aliphatic rings. The van der Waals surface area contributed by atoms with Crippen LogP contribution in [-0.2, 0) is 11.3 Å². The zero-order chi connectivity index (χ0) is 13.2. The number of fused-ring (bicyclic) bond motifs is 1. The van der Waals surface area contributed by atoms with Gasteiger partial charge in [-0.05, 0) is 26.0 Å². The summed E-state index contributed by atoms with van der Waals surface area (Å²) in [6.45, 7) is 3.93. The molecule has 0 aliphatic carbocycles. The molecule has 18 heavy (non-hydrogen) atoms. The molecule has 5 heteroatoms. The molecule has 94 valence electrons. The number of nitrogens with one attached hydrogen (secondary N) is 1. The van der Waals surface area contributed by atoms with Crippen LogP contribution in [0.5, 0.6) is 0 Å². The summed E-state index contributed by atoms with van der Waals surface area (Å²) in [4.78, 5) is 19.9. The van der Waals surface area contributed by atoms with E-state index in [0.717, 1.165) is 16.7 Å². The maximum Gasteiger partial charge on any atom is 0.237 e. The predicted octanol–water partition coefficient (Wildman–Crippen LogP) is 0.983. The van der Waals surface area contributed by atoms with Gasteiger partial charge in [-0.1, -0.05) is 12.1 Å². The van der Waals surface area contributed by atoms with E-state index >= 15 is 0 Å². The summed E-state index contributed by atoms with van der Waals surface area (Å²) in [5, 5.41) is 3.06. The number of carbonyl (C=O) groups is 1. The summed E-state index contributed by atoms with van der Waals surface area (Å²) in [6, 6.07) is 7.66. The Kier molecular flexibility index (Phi) is 3.25. The fraction of sp³-hybridized carbons (Fsp3) is 0.308. The second kappa shape index (κ2) is 4.70. The number of hydrogen-bond donors (Lipinski definition) is 2. The van der Waals surface area contributed by atoms with Gasteiger partial charge in [0.1, 0.15) is 0 Å². The summed E-state index contributed by atoms with van der Waals surface area (Å²) in [5.41, 5.74) is 7.01. The van der Waals surface area contributed by atoms with Gasteiger partial charge in [-0.3, -0.25) is 15.1 Å².